The Balaban J connectivity index is 1.37. The predicted molar refractivity (Wildman–Crippen MR) is 120 cm³/mol. The molecule has 1 heterocycles. The molecule has 0 saturated carbocycles. The average molecular weight is 401 g/mol. The van der Waals surface area contributed by atoms with E-state index in [0.29, 0.717) is 29.8 Å². The predicted octanol–water partition coefficient (Wildman–Crippen LogP) is 5.55. The van der Waals surface area contributed by atoms with Crippen LogP contribution in [0.2, 0.25) is 0 Å². The summed E-state index contributed by atoms with van der Waals surface area (Å²) in [6.07, 6.45) is 1.08. The fourth-order valence-corrected chi connectivity index (χ4v) is 4.16. The van der Waals surface area contributed by atoms with E-state index < -0.39 is 0 Å². The highest BCUT2D eigenvalue weighted by Gasteiger charge is 2.11. The maximum absolute atomic E-state index is 12.5. The monoisotopic (exact) mass is 400 g/mol. The first-order chi connectivity index (χ1) is 14.1. The van der Waals surface area contributed by atoms with Crippen molar-refractivity contribution in [3.63, 3.8) is 0 Å². The van der Waals surface area contributed by atoms with Crippen LogP contribution in [0.1, 0.15) is 32.0 Å². The summed E-state index contributed by atoms with van der Waals surface area (Å²) in [5.41, 5.74) is 8.56. The van der Waals surface area contributed by atoms with Gasteiger partial charge in [-0.1, -0.05) is 42.5 Å². The largest absolute Gasteiger partial charge is 0.397 e. The second-order valence-corrected chi connectivity index (χ2v) is 7.89. The molecule has 3 aromatic carbocycles. The number of benzene rings is 3. The number of rotatable bonds is 6. The first-order valence-electron chi connectivity index (χ1n) is 9.37. The molecule has 29 heavy (non-hydrogen) atoms. The molecule has 0 aliphatic carbocycles. The van der Waals surface area contributed by atoms with Crippen LogP contribution in [0.5, 0.6) is 0 Å². The van der Waals surface area contributed by atoms with Crippen molar-refractivity contribution in [3.8, 4) is 0 Å². The number of nitrogens with one attached hydrogen (secondary N) is 1. The van der Waals surface area contributed by atoms with Crippen LogP contribution in [0, 0.1) is 0 Å². The summed E-state index contributed by atoms with van der Waals surface area (Å²) >= 11 is 1.54. The van der Waals surface area contributed by atoms with Gasteiger partial charge >= 0.3 is 0 Å². The third kappa shape index (κ3) is 4.36. The van der Waals surface area contributed by atoms with Crippen LogP contribution in [0.15, 0.2) is 78.9 Å². The molecule has 0 spiro atoms. The molecule has 0 aliphatic heterocycles. The quantitative estimate of drug-likeness (QED) is 0.329. The van der Waals surface area contributed by atoms with E-state index in [9.17, 15) is 9.59 Å². The topological polar surface area (TPSA) is 72.2 Å². The van der Waals surface area contributed by atoms with Crippen molar-refractivity contribution < 1.29 is 9.59 Å². The van der Waals surface area contributed by atoms with Gasteiger partial charge in [0.25, 0.3) is 5.91 Å². The number of nitrogen functional groups attached to an aromatic ring is 1. The molecule has 0 unspecified atom stereocenters. The van der Waals surface area contributed by atoms with Crippen LogP contribution < -0.4 is 11.1 Å². The fraction of sp³-hybridized carbons (Fsp3) is 0.0833. The SMILES string of the molecule is Nc1ccccc1NC(=O)c1ccc(CCC(=O)c2cc3ccccc3s2)cc1. The molecule has 1 amide bonds. The molecule has 4 rings (SSSR count). The minimum Gasteiger partial charge on any atom is -0.397 e. The van der Waals surface area contributed by atoms with E-state index in [1.54, 1.807) is 24.3 Å². The number of hydrogen-bond acceptors (Lipinski definition) is 4. The number of carbonyl (C=O) groups excluding carboxylic acids is 2. The minimum atomic E-state index is -0.212. The molecule has 0 aliphatic rings. The van der Waals surface area contributed by atoms with Crippen LogP contribution in [0.25, 0.3) is 10.1 Å². The van der Waals surface area contributed by atoms with Crippen LogP contribution >= 0.6 is 11.3 Å². The number of carbonyl (C=O) groups is 2. The molecule has 0 fully saturated rings. The zero-order valence-corrected chi connectivity index (χ0v) is 16.5. The lowest BCUT2D eigenvalue weighted by Gasteiger charge is -2.08. The number of fused-ring (bicyclic) bond motifs is 1. The van der Waals surface area contributed by atoms with Gasteiger partial charge < -0.3 is 11.1 Å². The molecule has 0 radical (unpaired) electrons. The Labute approximate surface area is 173 Å². The van der Waals surface area contributed by atoms with Crippen molar-refractivity contribution in [3.05, 3.63) is 94.9 Å². The Morgan fingerprint density at radius 1 is 0.897 bits per heavy atom. The van der Waals surface area contributed by atoms with Gasteiger partial charge in [-0.3, -0.25) is 9.59 Å². The lowest BCUT2D eigenvalue weighted by Crippen LogP contribution is -2.13. The van der Waals surface area contributed by atoms with E-state index in [1.807, 2.05) is 54.6 Å². The molecule has 3 N–H and O–H groups in total. The number of ketones is 1. The number of amides is 1. The first-order valence-corrected chi connectivity index (χ1v) is 10.2. The lowest BCUT2D eigenvalue weighted by atomic mass is 10.0. The Morgan fingerprint density at radius 3 is 2.38 bits per heavy atom. The third-order valence-electron chi connectivity index (χ3n) is 4.77. The standard InChI is InChI=1S/C24H20N2O2S/c25-19-6-2-3-7-20(19)26-24(28)17-12-9-16(10-13-17)11-14-21(27)23-15-18-5-1-4-8-22(18)29-23/h1-10,12-13,15H,11,14,25H2,(H,26,28). The van der Waals surface area contributed by atoms with E-state index in [0.717, 1.165) is 20.5 Å². The van der Waals surface area contributed by atoms with Gasteiger partial charge in [0.05, 0.1) is 16.3 Å². The molecular weight excluding hydrogens is 380 g/mol. The number of anilines is 2. The van der Waals surface area contributed by atoms with Gasteiger partial charge in [-0.15, -0.1) is 11.3 Å². The van der Waals surface area contributed by atoms with E-state index in [4.69, 9.17) is 5.73 Å². The van der Waals surface area contributed by atoms with Crippen LogP contribution in [0.3, 0.4) is 0 Å². The van der Waals surface area contributed by atoms with Gasteiger partial charge in [-0.25, -0.2) is 0 Å². The van der Waals surface area contributed by atoms with Crippen LogP contribution in [-0.2, 0) is 6.42 Å². The fourth-order valence-electron chi connectivity index (χ4n) is 3.13. The van der Waals surface area contributed by atoms with Gasteiger partial charge in [0, 0.05) is 16.7 Å². The maximum Gasteiger partial charge on any atom is 0.255 e. The summed E-state index contributed by atoms with van der Waals surface area (Å²) in [7, 11) is 0. The smallest absolute Gasteiger partial charge is 0.255 e. The second-order valence-electron chi connectivity index (χ2n) is 6.81. The van der Waals surface area contributed by atoms with Crippen molar-refractivity contribution in [1.82, 2.24) is 0 Å². The van der Waals surface area contributed by atoms with Crippen molar-refractivity contribution in [2.75, 3.05) is 11.1 Å². The zero-order valence-electron chi connectivity index (χ0n) is 15.7. The number of aryl methyl sites for hydroxylation is 1. The Morgan fingerprint density at radius 2 is 1.62 bits per heavy atom. The van der Waals surface area contributed by atoms with E-state index in [2.05, 4.69) is 5.32 Å². The summed E-state index contributed by atoms with van der Waals surface area (Å²) in [5, 5.41) is 3.92. The van der Waals surface area contributed by atoms with Gasteiger partial charge in [-0.05, 0) is 53.8 Å². The van der Waals surface area contributed by atoms with Crippen molar-refractivity contribution in [1.29, 1.82) is 0 Å². The normalized spacial score (nSPS) is 10.8. The molecule has 4 aromatic rings. The summed E-state index contributed by atoms with van der Waals surface area (Å²) < 4.78 is 1.13. The Kier molecular flexibility index (Phi) is 5.40. The first kappa shape index (κ1) is 18.9. The molecule has 0 atom stereocenters. The molecule has 0 bridgehead atoms. The van der Waals surface area contributed by atoms with Crippen molar-refractivity contribution in [2.24, 2.45) is 0 Å². The van der Waals surface area contributed by atoms with E-state index in [1.165, 1.54) is 11.3 Å². The molecule has 4 nitrogen and oxygen atoms in total. The highest BCUT2D eigenvalue weighted by molar-refractivity contribution is 7.20. The molecule has 5 heteroatoms. The molecule has 1 aromatic heterocycles. The number of Topliss-reactive ketones (excluding diaryl/α,β-unsaturated/α-hetero) is 1. The number of para-hydroxylation sites is 2. The van der Waals surface area contributed by atoms with Gasteiger partial charge in [0.2, 0.25) is 0 Å². The summed E-state index contributed by atoms with van der Waals surface area (Å²) in [6, 6.07) is 24.5. The van der Waals surface area contributed by atoms with E-state index in [-0.39, 0.29) is 11.7 Å². The summed E-state index contributed by atoms with van der Waals surface area (Å²) in [4.78, 5) is 25.7. The molecule has 0 saturated heterocycles. The van der Waals surface area contributed by atoms with Crippen LogP contribution in [-0.4, -0.2) is 11.7 Å². The van der Waals surface area contributed by atoms with Crippen molar-refractivity contribution in [2.45, 2.75) is 12.8 Å². The third-order valence-corrected chi connectivity index (χ3v) is 5.92. The summed E-state index contributed by atoms with van der Waals surface area (Å²) in [6.45, 7) is 0. The van der Waals surface area contributed by atoms with Gasteiger partial charge in [0.15, 0.2) is 5.78 Å². The zero-order chi connectivity index (χ0) is 20.2. The lowest BCUT2D eigenvalue weighted by molar-refractivity contribution is 0.0984. The summed E-state index contributed by atoms with van der Waals surface area (Å²) in [5.74, 6) is -0.0663. The Hall–Kier alpha value is -3.44. The van der Waals surface area contributed by atoms with Gasteiger partial charge in [0.1, 0.15) is 0 Å². The number of hydrogen-bond donors (Lipinski definition) is 2. The average Bonchev–Trinajstić information content (AvgIpc) is 3.18. The molecule has 144 valence electrons. The maximum atomic E-state index is 12.5. The van der Waals surface area contributed by atoms with Crippen molar-refractivity contribution >= 4 is 44.5 Å². The van der Waals surface area contributed by atoms with Crippen LogP contribution in [0.4, 0.5) is 11.4 Å². The second kappa shape index (κ2) is 8.29. The van der Waals surface area contributed by atoms with Gasteiger partial charge in [-0.2, -0.15) is 0 Å². The number of thiophene rings is 1. The highest BCUT2D eigenvalue weighted by Crippen LogP contribution is 2.26. The Bertz CT molecular complexity index is 1150. The number of nitrogens with two attached hydrogens (primary N) is 1. The van der Waals surface area contributed by atoms with E-state index >= 15 is 0 Å². The minimum absolute atomic E-state index is 0.146. The highest BCUT2D eigenvalue weighted by atomic mass is 32.1. The molecular formula is C24H20N2O2S.